The number of aliphatic hydroxyl groups is 1. The average Bonchev–Trinajstić information content (AvgIpc) is 3.02. The van der Waals surface area contributed by atoms with E-state index in [1.165, 1.54) is 12.8 Å². The zero-order valence-electron chi connectivity index (χ0n) is 10.8. The van der Waals surface area contributed by atoms with E-state index in [2.05, 4.69) is 24.2 Å². The highest BCUT2D eigenvalue weighted by atomic mass is 16.5. The van der Waals surface area contributed by atoms with E-state index in [9.17, 15) is 5.11 Å². The summed E-state index contributed by atoms with van der Waals surface area (Å²) in [6, 6.07) is 0.623. The van der Waals surface area contributed by atoms with E-state index in [1.807, 2.05) is 6.92 Å². The van der Waals surface area contributed by atoms with Gasteiger partial charge in [-0.2, -0.15) is 0 Å². The smallest absolute Gasteiger partial charge is 0.0623 e. The molecule has 96 valence electrons. The summed E-state index contributed by atoms with van der Waals surface area (Å²) in [5, 5.41) is 13.0. The molecular weight excluding hydrogens is 204 g/mol. The number of hydrogen-bond donors (Lipinski definition) is 2. The van der Waals surface area contributed by atoms with Gasteiger partial charge < -0.3 is 20.1 Å². The molecule has 0 heterocycles. The standard InChI is InChI=1S/C12H26N2O2/c1-4-16-8-7-14(3)9-12(2,10-15)13-11-5-6-11/h11,13,15H,4-10H2,1-3H3. The summed E-state index contributed by atoms with van der Waals surface area (Å²) in [6.45, 7) is 7.57. The van der Waals surface area contributed by atoms with Gasteiger partial charge in [-0.05, 0) is 33.7 Å². The van der Waals surface area contributed by atoms with Gasteiger partial charge in [-0.25, -0.2) is 0 Å². The Hall–Kier alpha value is -0.160. The van der Waals surface area contributed by atoms with Crippen LogP contribution >= 0.6 is 0 Å². The molecule has 0 aromatic rings. The van der Waals surface area contributed by atoms with Crippen LogP contribution < -0.4 is 5.32 Å². The molecular formula is C12H26N2O2. The number of ether oxygens (including phenoxy) is 1. The van der Waals surface area contributed by atoms with E-state index in [1.54, 1.807) is 0 Å². The van der Waals surface area contributed by atoms with Crippen LogP contribution in [0.2, 0.25) is 0 Å². The lowest BCUT2D eigenvalue weighted by molar-refractivity contribution is 0.0926. The summed E-state index contributed by atoms with van der Waals surface area (Å²) in [4.78, 5) is 2.21. The predicted molar refractivity (Wildman–Crippen MR) is 65.6 cm³/mol. The molecule has 1 saturated carbocycles. The van der Waals surface area contributed by atoms with Crippen LogP contribution in [0.25, 0.3) is 0 Å². The molecule has 0 aliphatic heterocycles. The van der Waals surface area contributed by atoms with Crippen LogP contribution in [0.15, 0.2) is 0 Å². The summed E-state index contributed by atoms with van der Waals surface area (Å²) in [5.74, 6) is 0. The Morgan fingerprint density at radius 2 is 2.19 bits per heavy atom. The molecule has 1 fully saturated rings. The van der Waals surface area contributed by atoms with Crippen LogP contribution in [-0.4, -0.2) is 61.5 Å². The third-order valence-corrected chi connectivity index (χ3v) is 2.92. The van der Waals surface area contributed by atoms with E-state index in [0.717, 1.165) is 26.3 Å². The minimum Gasteiger partial charge on any atom is -0.394 e. The van der Waals surface area contributed by atoms with E-state index in [4.69, 9.17) is 4.74 Å². The van der Waals surface area contributed by atoms with Crippen molar-refractivity contribution < 1.29 is 9.84 Å². The number of rotatable bonds is 9. The molecule has 2 N–H and O–H groups in total. The maximum Gasteiger partial charge on any atom is 0.0623 e. The van der Waals surface area contributed by atoms with Crippen LogP contribution in [0.5, 0.6) is 0 Å². The van der Waals surface area contributed by atoms with Crippen molar-refractivity contribution in [3.63, 3.8) is 0 Å². The second-order valence-electron chi connectivity index (χ2n) is 5.07. The SMILES string of the molecule is CCOCCN(C)CC(C)(CO)NC1CC1. The highest BCUT2D eigenvalue weighted by Gasteiger charge is 2.32. The Kier molecular flexibility index (Phi) is 5.69. The Bertz CT molecular complexity index is 197. The van der Waals surface area contributed by atoms with Crippen molar-refractivity contribution in [2.45, 2.75) is 38.3 Å². The van der Waals surface area contributed by atoms with Crippen LogP contribution in [0.1, 0.15) is 26.7 Å². The third kappa shape index (κ3) is 5.25. The monoisotopic (exact) mass is 230 g/mol. The molecule has 4 nitrogen and oxygen atoms in total. The zero-order valence-corrected chi connectivity index (χ0v) is 10.8. The van der Waals surface area contributed by atoms with Crippen molar-refractivity contribution in [1.82, 2.24) is 10.2 Å². The molecule has 0 saturated heterocycles. The van der Waals surface area contributed by atoms with Crippen LogP contribution in [0, 0.1) is 0 Å². The lowest BCUT2D eigenvalue weighted by Gasteiger charge is -2.33. The largest absolute Gasteiger partial charge is 0.394 e. The lowest BCUT2D eigenvalue weighted by atomic mass is 10.0. The van der Waals surface area contributed by atoms with Crippen molar-refractivity contribution >= 4 is 0 Å². The third-order valence-electron chi connectivity index (χ3n) is 2.92. The number of nitrogens with one attached hydrogen (secondary N) is 1. The lowest BCUT2D eigenvalue weighted by Crippen LogP contribution is -2.54. The van der Waals surface area contributed by atoms with Gasteiger partial charge in [-0.1, -0.05) is 0 Å². The first-order valence-corrected chi connectivity index (χ1v) is 6.24. The van der Waals surface area contributed by atoms with E-state index in [-0.39, 0.29) is 12.1 Å². The molecule has 0 bridgehead atoms. The van der Waals surface area contributed by atoms with Crippen LogP contribution in [-0.2, 0) is 4.74 Å². The number of hydrogen-bond acceptors (Lipinski definition) is 4. The Labute approximate surface area is 99.0 Å². The molecule has 0 amide bonds. The fraction of sp³-hybridized carbons (Fsp3) is 1.00. The first-order chi connectivity index (χ1) is 7.59. The molecule has 0 aromatic carbocycles. The highest BCUT2D eigenvalue weighted by Crippen LogP contribution is 2.22. The average molecular weight is 230 g/mol. The van der Waals surface area contributed by atoms with E-state index in [0.29, 0.717) is 6.04 Å². The van der Waals surface area contributed by atoms with Gasteiger partial charge in [0.2, 0.25) is 0 Å². The highest BCUT2D eigenvalue weighted by molar-refractivity contribution is 4.93. The fourth-order valence-corrected chi connectivity index (χ4v) is 1.90. The van der Waals surface area contributed by atoms with Crippen molar-refractivity contribution in [3.8, 4) is 0 Å². The molecule has 1 rings (SSSR count). The Balaban J connectivity index is 2.23. The van der Waals surface area contributed by atoms with Gasteiger partial charge in [0, 0.05) is 25.7 Å². The Morgan fingerprint density at radius 3 is 2.69 bits per heavy atom. The predicted octanol–water partition coefficient (Wildman–Crippen LogP) is 0.458. The maximum atomic E-state index is 9.46. The Morgan fingerprint density at radius 1 is 1.50 bits per heavy atom. The molecule has 1 aliphatic carbocycles. The summed E-state index contributed by atoms with van der Waals surface area (Å²) in [7, 11) is 2.07. The summed E-state index contributed by atoms with van der Waals surface area (Å²) in [5.41, 5.74) is -0.178. The molecule has 1 aliphatic rings. The van der Waals surface area contributed by atoms with Gasteiger partial charge >= 0.3 is 0 Å². The molecule has 4 heteroatoms. The summed E-state index contributed by atoms with van der Waals surface area (Å²) in [6.07, 6.45) is 2.50. The maximum absolute atomic E-state index is 9.46. The second kappa shape index (κ2) is 6.55. The van der Waals surface area contributed by atoms with Gasteiger partial charge in [-0.3, -0.25) is 0 Å². The van der Waals surface area contributed by atoms with Gasteiger partial charge in [0.1, 0.15) is 0 Å². The van der Waals surface area contributed by atoms with Crippen LogP contribution in [0.4, 0.5) is 0 Å². The zero-order chi connectivity index (χ0) is 12.0. The second-order valence-corrected chi connectivity index (χ2v) is 5.07. The number of aliphatic hydroxyl groups excluding tert-OH is 1. The minimum absolute atomic E-state index is 0.178. The van der Waals surface area contributed by atoms with Gasteiger partial charge in [0.25, 0.3) is 0 Å². The van der Waals surface area contributed by atoms with Crippen molar-refractivity contribution in [2.75, 3.05) is 40.0 Å². The van der Waals surface area contributed by atoms with Crippen molar-refractivity contribution in [2.24, 2.45) is 0 Å². The topological polar surface area (TPSA) is 44.7 Å². The molecule has 1 unspecified atom stereocenters. The minimum atomic E-state index is -0.178. The van der Waals surface area contributed by atoms with Crippen molar-refractivity contribution in [1.29, 1.82) is 0 Å². The number of nitrogens with zero attached hydrogens (tertiary/aromatic N) is 1. The van der Waals surface area contributed by atoms with Gasteiger partial charge in [0.05, 0.1) is 18.8 Å². The van der Waals surface area contributed by atoms with Gasteiger partial charge in [-0.15, -0.1) is 0 Å². The van der Waals surface area contributed by atoms with Crippen LogP contribution in [0.3, 0.4) is 0 Å². The molecule has 0 radical (unpaired) electrons. The van der Waals surface area contributed by atoms with E-state index >= 15 is 0 Å². The molecule has 1 atom stereocenters. The molecule has 16 heavy (non-hydrogen) atoms. The molecule has 0 aromatic heterocycles. The number of likely N-dealkylation sites (N-methyl/N-ethyl adjacent to an activating group) is 1. The van der Waals surface area contributed by atoms with E-state index < -0.39 is 0 Å². The summed E-state index contributed by atoms with van der Waals surface area (Å²) >= 11 is 0. The van der Waals surface area contributed by atoms with Gasteiger partial charge in [0.15, 0.2) is 0 Å². The first-order valence-electron chi connectivity index (χ1n) is 6.24. The summed E-state index contributed by atoms with van der Waals surface area (Å²) < 4.78 is 5.32. The first kappa shape index (κ1) is 13.9. The normalized spacial score (nSPS) is 20.1. The quantitative estimate of drug-likeness (QED) is 0.565. The van der Waals surface area contributed by atoms with Crippen molar-refractivity contribution in [3.05, 3.63) is 0 Å². The molecule has 0 spiro atoms. The fourth-order valence-electron chi connectivity index (χ4n) is 1.90.